The van der Waals surface area contributed by atoms with Gasteiger partial charge in [-0.2, -0.15) is 0 Å². The first-order valence-corrected chi connectivity index (χ1v) is 7.05. The number of carbonyl (C=O) groups is 1. The molecular formula is C15H20N4O. The number of fused-ring (bicyclic) bond motifs is 1. The number of aromatic amines is 1. The molecule has 1 saturated heterocycles. The van der Waals surface area contributed by atoms with E-state index in [1.807, 2.05) is 30.2 Å². The average Bonchev–Trinajstić information content (AvgIpc) is 2.87. The maximum Gasteiger partial charge on any atom is 0.256 e. The Hall–Kier alpha value is -1.88. The number of aromatic nitrogens is 2. The largest absolute Gasteiger partial charge is 0.346 e. The predicted octanol–water partition coefficient (Wildman–Crippen LogP) is 1.69. The third kappa shape index (κ3) is 2.18. The molecule has 5 heteroatoms. The molecule has 2 N–H and O–H groups in total. The highest BCUT2D eigenvalue weighted by Crippen LogP contribution is 2.19. The van der Waals surface area contributed by atoms with Gasteiger partial charge < -0.3 is 15.2 Å². The van der Waals surface area contributed by atoms with Crippen LogP contribution in [0.15, 0.2) is 18.3 Å². The van der Waals surface area contributed by atoms with E-state index in [2.05, 4.69) is 29.1 Å². The van der Waals surface area contributed by atoms with Crippen molar-refractivity contribution in [3.8, 4) is 0 Å². The summed E-state index contributed by atoms with van der Waals surface area (Å²) in [6.45, 7) is 7.65. The topological polar surface area (TPSA) is 61.0 Å². The second-order valence-electron chi connectivity index (χ2n) is 5.65. The molecule has 3 heterocycles. The van der Waals surface area contributed by atoms with Gasteiger partial charge in [-0.05, 0) is 32.9 Å². The Balaban J connectivity index is 1.96. The Morgan fingerprint density at radius 1 is 1.45 bits per heavy atom. The van der Waals surface area contributed by atoms with Gasteiger partial charge in [-0.1, -0.05) is 0 Å². The number of aryl methyl sites for hydroxylation is 1. The number of carbonyl (C=O) groups excluding carboxylic acids is 1. The number of hydrogen-bond acceptors (Lipinski definition) is 3. The highest BCUT2D eigenvalue weighted by atomic mass is 16.2. The second-order valence-corrected chi connectivity index (χ2v) is 5.65. The van der Waals surface area contributed by atoms with E-state index in [1.165, 1.54) is 0 Å². The van der Waals surface area contributed by atoms with Gasteiger partial charge in [0.05, 0.1) is 11.3 Å². The first kappa shape index (κ1) is 13.1. The van der Waals surface area contributed by atoms with Crippen LogP contribution in [0.5, 0.6) is 0 Å². The molecule has 0 bridgehead atoms. The third-order valence-electron chi connectivity index (χ3n) is 3.98. The fraction of sp³-hybridized carbons (Fsp3) is 0.467. The zero-order chi connectivity index (χ0) is 14.3. The summed E-state index contributed by atoms with van der Waals surface area (Å²) in [4.78, 5) is 22.3. The van der Waals surface area contributed by atoms with Crippen molar-refractivity contribution in [1.82, 2.24) is 20.2 Å². The number of nitrogens with zero attached hydrogens (tertiary/aromatic N) is 2. The van der Waals surface area contributed by atoms with Crippen LogP contribution in [-0.4, -0.2) is 45.9 Å². The number of rotatable bonds is 1. The lowest BCUT2D eigenvalue weighted by Crippen LogP contribution is -2.56. The first-order chi connectivity index (χ1) is 9.56. The number of H-pyrrole nitrogens is 1. The second kappa shape index (κ2) is 4.90. The number of pyridine rings is 1. The molecule has 0 radical (unpaired) electrons. The van der Waals surface area contributed by atoms with Gasteiger partial charge in [0.2, 0.25) is 0 Å². The van der Waals surface area contributed by atoms with Gasteiger partial charge in [-0.15, -0.1) is 0 Å². The van der Waals surface area contributed by atoms with Gasteiger partial charge in [0.1, 0.15) is 5.65 Å². The van der Waals surface area contributed by atoms with Crippen LogP contribution in [0.1, 0.15) is 29.9 Å². The van der Waals surface area contributed by atoms with E-state index >= 15 is 0 Å². The van der Waals surface area contributed by atoms with Crippen molar-refractivity contribution in [2.24, 2.45) is 0 Å². The zero-order valence-corrected chi connectivity index (χ0v) is 12.1. The number of nitrogens with one attached hydrogen (secondary N) is 2. The van der Waals surface area contributed by atoms with E-state index in [9.17, 15) is 4.79 Å². The molecule has 1 amide bonds. The monoisotopic (exact) mass is 272 g/mol. The molecule has 2 aromatic heterocycles. The van der Waals surface area contributed by atoms with E-state index < -0.39 is 0 Å². The number of piperazine rings is 1. The Labute approximate surface area is 118 Å². The maximum absolute atomic E-state index is 12.8. The summed E-state index contributed by atoms with van der Waals surface area (Å²) in [6.07, 6.45) is 1.85. The first-order valence-electron chi connectivity index (χ1n) is 7.05. The lowest BCUT2D eigenvalue weighted by atomic mass is 10.1. The summed E-state index contributed by atoms with van der Waals surface area (Å²) in [5.74, 6) is 0.0824. The lowest BCUT2D eigenvalue weighted by Gasteiger charge is -2.37. The van der Waals surface area contributed by atoms with E-state index in [0.717, 1.165) is 29.8 Å². The summed E-state index contributed by atoms with van der Waals surface area (Å²) in [5, 5.41) is 4.37. The van der Waals surface area contributed by atoms with Crippen molar-refractivity contribution in [3.05, 3.63) is 29.6 Å². The molecule has 1 aliphatic rings. The lowest BCUT2D eigenvalue weighted by molar-refractivity contribution is 0.0615. The molecule has 106 valence electrons. The summed E-state index contributed by atoms with van der Waals surface area (Å²) in [6, 6.07) is 4.43. The molecule has 5 nitrogen and oxygen atoms in total. The van der Waals surface area contributed by atoms with E-state index in [1.54, 1.807) is 0 Å². The van der Waals surface area contributed by atoms with E-state index in [4.69, 9.17) is 0 Å². The fourth-order valence-corrected chi connectivity index (χ4v) is 2.75. The average molecular weight is 272 g/mol. The van der Waals surface area contributed by atoms with E-state index in [-0.39, 0.29) is 11.9 Å². The summed E-state index contributed by atoms with van der Waals surface area (Å²) >= 11 is 0. The van der Waals surface area contributed by atoms with Crippen LogP contribution in [0, 0.1) is 6.92 Å². The zero-order valence-electron chi connectivity index (χ0n) is 12.1. The molecule has 0 aliphatic carbocycles. The van der Waals surface area contributed by atoms with Crippen LogP contribution in [0.25, 0.3) is 11.0 Å². The molecule has 1 fully saturated rings. The predicted molar refractivity (Wildman–Crippen MR) is 78.8 cm³/mol. The smallest absolute Gasteiger partial charge is 0.256 e. The normalized spacial score (nSPS) is 23.2. The van der Waals surface area contributed by atoms with Crippen LogP contribution < -0.4 is 5.32 Å². The van der Waals surface area contributed by atoms with Crippen molar-refractivity contribution < 1.29 is 4.79 Å². The highest BCUT2D eigenvalue weighted by Gasteiger charge is 2.28. The summed E-state index contributed by atoms with van der Waals surface area (Å²) in [5.41, 5.74) is 2.32. The Morgan fingerprint density at radius 2 is 2.25 bits per heavy atom. The van der Waals surface area contributed by atoms with Crippen LogP contribution in [0.2, 0.25) is 0 Å². The minimum Gasteiger partial charge on any atom is -0.346 e. The maximum atomic E-state index is 12.8. The van der Waals surface area contributed by atoms with Crippen LogP contribution >= 0.6 is 0 Å². The van der Waals surface area contributed by atoms with Gasteiger partial charge in [-0.3, -0.25) is 4.79 Å². The van der Waals surface area contributed by atoms with Crippen molar-refractivity contribution in [2.75, 3.05) is 13.1 Å². The fourth-order valence-electron chi connectivity index (χ4n) is 2.75. The van der Waals surface area contributed by atoms with Gasteiger partial charge in [0, 0.05) is 36.8 Å². The SMILES string of the molecule is Cc1nc2[nH]ccc2cc1C(=O)N1C[C@H](C)NC[C@H]1C. The minimum atomic E-state index is 0.0824. The van der Waals surface area contributed by atoms with Gasteiger partial charge in [0.15, 0.2) is 0 Å². The van der Waals surface area contributed by atoms with E-state index in [0.29, 0.717) is 11.6 Å². The molecule has 1 aliphatic heterocycles. The molecular weight excluding hydrogens is 252 g/mol. The third-order valence-corrected chi connectivity index (χ3v) is 3.98. The van der Waals surface area contributed by atoms with Gasteiger partial charge >= 0.3 is 0 Å². The van der Waals surface area contributed by atoms with Gasteiger partial charge in [-0.25, -0.2) is 4.98 Å². The Bertz CT molecular complexity index is 648. The van der Waals surface area contributed by atoms with Gasteiger partial charge in [0.25, 0.3) is 5.91 Å². The Morgan fingerprint density at radius 3 is 3.05 bits per heavy atom. The molecule has 0 spiro atoms. The highest BCUT2D eigenvalue weighted by molar-refractivity contribution is 5.98. The van der Waals surface area contributed by atoms with Crippen molar-refractivity contribution in [2.45, 2.75) is 32.9 Å². The molecule has 0 unspecified atom stereocenters. The standard InChI is InChI=1S/C15H20N4O/c1-9-8-19(10(2)7-17-9)15(20)13-6-12-4-5-16-14(12)18-11(13)3/h4-6,9-10,17H,7-8H2,1-3H3,(H,16,18)/t9-,10+/m0/s1. The molecule has 0 saturated carbocycles. The molecule has 20 heavy (non-hydrogen) atoms. The number of amides is 1. The minimum absolute atomic E-state index is 0.0824. The molecule has 2 atom stereocenters. The molecule has 0 aromatic carbocycles. The summed E-state index contributed by atoms with van der Waals surface area (Å²) < 4.78 is 0. The van der Waals surface area contributed by atoms with Crippen LogP contribution in [0.4, 0.5) is 0 Å². The molecule has 3 rings (SSSR count). The quantitative estimate of drug-likeness (QED) is 0.830. The van der Waals surface area contributed by atoms with Crippen molar-refractivity contribution in [3.63, 3.8) is 0 Å². The molecule has 2 aromatic rings. The van der Waals surface area contributed by atoms with Crippen LogP contribution in [0.3, 0.4) is 0 Å². The van der Waals surface area contributed by atoms with Crippen LogP contribution in [-0.2, 0) is 0 Å². The van der Waals surface area contributed by atoms with Crippen molar-refractivity contribution >= 4 is 16.9 Å². The van der Waals surface area contributed by atoms with Crippen molar-refractivity contribution in [1.29, 1.82) is 0 Å². The number of hydrogen-bond donors (Lipinski definition) is 2. The summed E-state index contributed by atoms with van der Waals surface area (Å²) in [7, 11) is 0. The Kier molecular flexibility index (Phi) is 3.22.